The summed E-state index contributed by atoms with van der Waals surface area (Å²) in [5, 5.41) is 10.9. The molecule has 0 heterocycles. The van der Waals surface area contributed by atoms with E-state index in [-0.39, 0.29) is 29.0 Å². The van der Waals surface area contributed by atoms with Crippen LogP contribution in [0.25, 0.3) is 0 Å². The largest absolute Gasteiger partial charge is 0.393 e. The number of hydrogen-bond acceptors (Lipinski definition) is 2. The lowest BCUT2D eigenvalue weighted by atomic mass is 9.47. The lowest BCUT2D eigenvalue weighted by Crippen LogP contribution is -2.55. The summed E-state index contributed by atoms with van der Waals surface area (Å²) in [4.78, 5) is 12.3. The van der Waals surface area contributed by atoms with E-state index in [4.69, 9.17) is 0 Å². The maximum absolute atomic E-state index is 14.1. The van der Waals surface area contributed by atoms with Crippen molar-refractivity contribution in [2.45, 2.75) is 71.1 Å². The minimum Gasteiger partial charge on any atom is -0.393 e. The molecule has 4 aliphatic rings. The normalized spacial score (nSPS) is 54.3. The van der Waals surface area contributed by atoms with Crippen LogP contribution in [0, 0.1) is 28.6 Å². The van der Waals surface area contributed by atoms with Crippen LogP contribution in [0.4, 0.5) is 4.39 Å². The molecule has 0 bridgehead atoms. The fraction of sp³-hybridized carbons (Fsp3) is 0.842. The van der Waals surface area contributed by atoms with Crippen LogP contribution in [0.1, 0.15) is 58.8 Å². The summed E-state index contributed by atoms with van der Waals surface area (Å²) in [5.74, 6) is 0.341. The summed E-state index contributed by atoms with van der Waals surface area (Å²) in [7, 11) is 0. The number of fused-ring (bicyclic) bond motifs is 5. The first kappa shape index (κ1) is 14.9. The molecule has 1 N–H and O–H groups in total. The number of allylic oxidation sites excluding steroid dienone is 2. The topological polar surface area (TPSA) is 37.3 Å². The lowest BCUT2D eigenvalue weighted by Gasteiger charge is -2.58. The Hall–Kier alpha value is -0.700. The number of ketones is 1. The highest BCUT2D eigenvalue weighted by atomic mass is 19.1. The van der Waals surface area contributed by atoms with Crippen LogP contribution in [0.2, 0.25) is 0 Å². The Morgan fingerprint density at radius 1 is 1.27 bits per heavy atom. The molecule has 2 nitrogen and oxygen atoms in total. The van der Waals surface area contributed by atoms with Crippen molar-refractivity contribution in [1.29, 1.82) is 0 Å². The van der Waals surface area contributed by atoms with Crippen molar-refractivity contribution in [2.24, 2.45) is 28.6 Å². The van der Waals surface area contributed by atoms with Crippen LogP contribution < -0.4 is 0 Å². The molecule has 0 aromatic carbocycles. The molecule has 0 aromatic rings. The molecule has 0 aliphatic heterocycles. The molecule has 4 aliphatic carbocycles. The predicted molar refractivity (Wildman–Crippen MR) is 83.0 cm³/mol. The van der Waals surface area contributed by atoms with Gasteiger partial charge in [-0.25, -0.2) is 4.39 Å². The molecular formula is C19H27FO2. The Labute approximate surface area is 132 Å². The van der Waals surface area contributed by atoms with Crippen LogP contribution in [0.3, 0.4) is 0 Å². The maximum atomic E-state index is 14.1. The predicted octanol–water partition coefficient (Wildman–Crippen LogP) is 3.83. The van der Waals surface area contributed by atoms with Crippen molar-refractivity contribution in [2.75, 3.05) is 0 Å². The van der Waals surface area contributed by atoms with Crippen molar-refractivity contribution >= 4 is 5.78 Å². The van der Waals surface area contributed by atoms with E-state index in [1.54, 1.807) is 0 Å². The SMILES string of the molecule is C[C@]12CCCCC1=CC[C@@H]1[C@H]2C(O)C[C@]2(C)C(=O)C(F)C[C@@H]12. The molecule has 0 amide bonds. The van der Waals surface area contributed by atoms with Crippen LogP contribution in [-0.2, 0) is 4.79 Å². The molecule has 0 aromatic heterocycles. The van der Waals surface area contributed by atoms with E-state index in [0.717, 1.165) is 19.3 Å². The van der Waals surface area contributed by atoms with Crippen LogP contribution in [-0.4, -0.2) is 23.2 Å². The van der Waals surface area contributed by atoms with Gasteiger partial charge >= 0.3 is 0 Å². The summed E-state index contributed by atoms with van der Waals surface area (Å²) in [6, 6.07) is 0. The summed E-state index contributed by atoms with van der Waals surface area (Å²) < 4.78 is 14.1. The number of Topliss-reactive ketones (excluding diaryl/α,β-unsaturated/α-hetero) is 1. The zero-order valence-electron chi connectivity index (χ0n) is 13.6. The Bertz CT molecular complexity index is 542. The third kappa shape index (κ3) is 1.72. The molecule has 0 saturated heterocycles. The average Bonchev–Trinajstić information content (AvgIpc) is 2.70. The molecule has 3 saturated carbocycles. The van der Waals surface area contributed by atoms with Crippen molar-refractivity contribution in [1.82, 2.24) is 0 Å². The number of aliphatic hydroxyl groups excluding tert-OH is 1. The second-order valence-corrected chi connectivity index (χ2v) is 8.64. The zero-order chi connectivity index (χ0) is 15.7. The van der Waals surface area contributed by atoms with Gasteiger partial charge in [0.2, 0.25) is 0 Å². The minimum atomic E-state index is -1.31. The third-order valence-electron chi connectivity index (χ3n) is 7.65. The van der Waals surface area contributed by atoms with E-state index >= 15 is 0 Å². The number of carbonyl (C=O) groups is 1. The highest BCUT2D eigenvalue weighted by Gasteiger charge is 2.63. The minimum absolute atomic E-state index is 0.0688. The monoisotopic (exact) mass is 306 g/mol. The fourth-order valence-corrected chi connectivity index (χ4v) is 6.58. The lowest BCUT2D eigenvalue weighted by molar-refractivity contribution is -0.145. The number of hydrogen-bond donors (Lipinski definition) is 1. The van der Waals surface area contributed by atoms with Gasteiger partial charge in [-0.1, -0.05) is 31.9 Å². The van der Waals surface area contributed by atoms with Gasteiger partial charge in [-0.15, -0.1) is 0 Å². The maximum Gasteiger partial charge on any atom is 0.173 e. The highest BCUT2D eigenvalue weighted by Crippen LogP contribution is 2.64. The van der Waals surface area contributed by atoms with Gasteiger partial charge in [0.15, 0.2) is 12.0 Å². The number of alkyl halides is 1. The third-order valence-corrected chi connectivity index (χ3v) is 7.65. The van der Waals surface area contributed by atoms with E-state index in [0.29, 0.717) is 12.8 Å². The van der Waals surface area contributed by atoms with Crippen molar-refractivity contribution in [3.63, 3.8) is 0 Å². The molecule has 3 heteroatoms. The average molecular weight is 306 g/mol. The Morgan fingerprint density at radius 2 is 2.05 bits per heavy atom. The number of aliphatic hydroxyl groups is 1. The summed E-state index contributed by atoms with van der Waals surface area (Å²) >= 11 is 0. The molecule has 0 spiro atoms. The first-order valence-electron chi connectivity index (χ1n) is 8.94. The summed E-state index contributed by atoms with van der Waals surface area (Å²) in [5.41, 5.74) is 0.944. The van der Waals surface area contributed by atoms with Gasteiger partial charge in [0, 0.05) is 5.41 Å². The van der Waals surface area contributed by atoms with Crippen molar-refractivity contribution in [3.05, 3.63) is 11.6 Å². The molecule has 122 valence electrons. The van der Waals surface area contributed by atoms with Gasteiger partial charge in [-0.3, -0.25) is 4.79 Å². The van der Waals surface area contributed by atoms with E-state index in [1.807, 2.05) is 6.92 Å². The molecule has 7 atom stereocenters. The molecular weight excluding hydrogens is 279 g/mol. The highest BCUT2D eigenvalue weighted by molar-refractivity contribution is 5.91. The second kappa shape index (κ2) is 4.66. The molecule has 22 heavy (non-hydrogen) atoms. The first-order chi connectivity index (χ1) is 10.4. The number of halogens is 1. The van der Waals surface area contributed by atoms with Crippen LogP contribution in [0.5, 0.6) is 0 Å². The molecule has 0 radical (unpaired) electrons. The van der Waals surface area contributed by atoms with Crippen molar-refractivity contribution < 1.29 is 14.3 Å². The van der Waals surface area contributed by atoms with Gasteiger partial charge in [0.25, 0.3) is 0 Å². The Balaban J connectivity index is 1.76. The molecule has 2 unspecified atom stereocenters. The smallest absolute Gasteiger partial charge is 0.173 e. The van der Waals surface area contributed by atoms with E-state index in [9.17, 15) is 14.3 Å². The van der Waals surface area contributed by atoms with E-state index in [1.165, 1.54) is 18.4 Å². The zero-order valence-corrected chi connectivity index (χ0v) is 13.6. The summed E-state index contributed by atoms with van der Waals surface area (Å²) in [6.45, 7) is 4.21. The van der Waals surface area contributed by atoms with Gasteiger partial charge in [0.05, 0.1) is 6.10 Å². The number of carbonyl (C=O) groups excluding carboxylic acids is 1. The quantitative estimate of drug-likeness (QED) is 0.691. The summed E-state index contributed by atoms with van der Waals surface area (Å²) in [6.07, 6.45) is 7.10. The first-order valence-corrected chi connectivity index (χ1v) is 8.94. The molecule has 4 rings (SSSR count). The van der Waals surface area contributed by atoms with E-state index in [2.05, 4.69) is 13.0 Å². The van der Waals surface area contributed by atoms with Crippen LogP contribution >= 0.6 is 0 Å². The Kier molecular flexibility index (Phi) is 3.15. The fourth-order valence-electron chi connectivity index (χ4n) is 6.58. The standard InChI is InChI=1S/C19H27FO2/c1-18-8-4-3-5-11(18)6-7-12-13-9-14(20)17(22)19(13,2)10-15(21)16(12)18/h6,12-16,21H,3-5,7-10H2,1-2H3/t12-,13-,14?,15?,16-,18-,19-/m0/s1. The van der Waals surface area contributed by atoms with Gasteiger partial charge in [0.1, 0.15) is 0 Å². The van der Waals surface area contributed by atoms with Gasteiger partial charge < -0.3 is 5.11 Å². The second-order valence-electron chi connectivity index (χ2n) is 8.64. The molecule has 3 fully saturated rings. The van der Waals surface area contributed by atoms with E-state index < -0.39 is 17.7 Å². The Morgan fingerprint density at radius 3 is 2.82 bits per heavy atom. The van der Waals surface area contributed by atoms with Gasteiger partial charge in [-0.2, -0.15) is 0 Å². The van der Waals surface area contributed by atoms with Gasteiger partial charge in [-0.05, 0) is 61.7 Å². The number of rotatable bonds is 0. The van der Waals surface area contributed by atoms with Crippen molar-refractivity contribution in [3.8, 4) is 0 Å². The van der Waals surface area contributed by atoms with Crippen LogP contribution in [0.15, 0.2) is 11.6 Å².